The van der Waals surface area contributed by atoms with Gasteiger partial charge in [0.1, 0.15) is 11.6 Å². The van der Waals surface area contributed by atoms with E-state index in [4.69, 9.17) is 11.6 Å². The molecule has 1 aromatic heterocycles. The van der Waals surface area contributed by atoms with Crippen molar-refractivity contribution < 1.29 is 13.5 Å². The van der Waals surface area contributed by atoms with Gasteiger partial charge in [0.25, 0.3) is 10.0 Å². The number of rotatable bonds is 4. The van der Waals surface area contributed by atoms with Crippen LogP contribution in [-0.4, -0.2) is 23.1 Å². The van der Waals surface area contributed by atoms with Crippen LogP contribution in [0.3, 0.4) is 0 Å². The van der Waals surface area contributed by atoms with Crippen LogP contribution in [0.2, 0.25) is 5.02 Å². The number of aromatic nitrogens is 2. The van der Waals surface area contributed by atoms with Crippen LogP contribution in [0, 0.1) is 6.92 Å². The van der Waals surface area contributed by atoms with Crippen molar-refractivity contribution in [2.24, 2.45) is 0 Å². The third-order valence-corrected chi connectivity index (χ3v) is 4.32. The zero-order chi connectivity index (χ0) is 14.9. The lowest BCUT2D eigenvalue weighted by atomic mass is 10.3. The van der Waals surface area contributed by atoms with Crippen molar-refractivity contribution in [2.45, 2.75) is 25.4 Å². The third-order valence-electron chi connectivity index (χ3n) is 2.77. The first-order valence-corrected chi connectivity index (χ1v) is 7.74. The van der Waals surface area contributed by atoms with Gasteiger partial charge < -0.3 is 9.67 Å². The molecule has 2 N–H and O–H groups in total. The van der Waals surface area contributed by atoms with Gasteiger partial charge in [-0.2, -0.15) is 8.42 Å². The SMILES string of the molecule is CCn1cc(S(=O)(=O)Nc2ccc(O)c(Cl)c2)nc1C. The van der Waals surface area contributed by atoms with Gasteiger partial charge in [0.15, 0.2) is 5.03 Å². The van der Waals surface area contributed by atoms with Crippen LogP contribution in [-0.2, 0) is 16.6 Å². The van der Waals surface area contributed by atoms with Crippen LogP contribution in [0.4, 0.5) is 5.69 Å². The molecule has 8 heteroatoms. The fourth-order valence-electron chi connectivity index (χ4n) is 1.71. The highest BCUT2D eigenvalue weighted by Crippen LogP contribution is 2.27. The molecule has 2 aromatic rings. The first-order valence-electron chi connectivity index (χ1n) is 5.88. The van der Waals surface area contributed by atoms with Crippen LogP contribution in [0.5, 0.6) is 5.75 Å². The highest BCUT2D eigenvalue weighted by molar-refractivity contribution is 7.92. The number of phenolic OH excluding ortho intramolecular Hbond substituents is 1. The van der Waals surface area contributed by atoms with E-state index in [2.05, 4.69) is 9.71 Å². The number of anilines is 1. The van der Waals surface area contributed by atoms with Crippen LogP contribution in [0.1, 0.15) is 12.7 Å². The lowest BCUT2D eigenvalue weighted by Crippen LogP contribution is -2.13. The van der Waals surface area contributed by atoms with Gasteiger partial charge >= 0.3 is 0 Å². The fourth-order valence-corrected chi connectivity index (χ4v) is 2.95. The lowest BCUT2D eigenvalue weighted by molar-refractivity contribution is 0.475. The molecule has 2 rings (SSSR count). The maximum absolute atomic E-state index is 12.2. The summed E-state index contributed by atoms with van der Waals surface area (Å²) in [7, 11) is -3.78. The molecule has 0 aliphatic rings. The van der Waals surface area contributed by atoms with Crippen molar-refractivity contribution in [1.82, 2.24) is 9.55 Å². The number of hydrogen-bond acceptors (Lipinski definition) is 4. The average molecular weight is 316 g/mol. The average Bonchev–Trinajstić information content (AvgIpc) is 2.76. The lowest BCUT2D eigenvalue weighted by Gasteiger charge is -2.06. The summed E-state index contributed by atoms with van der Waals surface area (Å²) in [6.45, 7) is 4.28. The Hall–Kier alpha value is -1.73. The van der Waals surface area contributed by atoms with E-state index < -0.39 is 10.0 Å². The molecule has 0 atom stereocenters. The molecular weight excluding hydrogens is 302 g/mol. The summed E-state index contributed by atoms with van der Waals surface area (Å²) in [5.41, 5.74) is 0.261. The van der Waals surface area contributed by atoms with Crippen molar-refractivity contribution in [1.29, 1.82) is 0 Å². The van der Waals surface area contributed by atoms with Crippen molar-refractivity contribution in [3.8, 4) is 5.75 Å². The molecule has 0 radical (unpaired) electrons. The molecule has 108 valence electrons. The first-order chi connectivity index (χ1) is 9.33. The van der Waals surface area contributed by atoms with Gasteiger partial charge in [-0.25, -0.2) is 4.98 Å². The number of nitrogens with zero attached hydrogens (tertiary/aromatic N) is 2. The van der Waals surface area contributed by atoms with E-state index in [0.717, 1.165) is 0 Å². The second-order valence-electron chi connectivity index (χ2n) is 4.18. The number of phenols is 1. The van der Waals surface area contributed by atoms with Gasteiger partial charge in [0, 0.05) is 12.7 Å². The predicted octanol–water partition coefficient (Wildman–Crippen LogP) is 2.37. The summed E-state index contributed by atoms with van der Waals surface area (Å²) in [6.07, 6.45) is 1.47. The minimum absolute atomic E-state index is 0.0546. The molecule has 0 saturated carbocycles. The molecule has 1 heterocycles. The molecule has 0 unspecified atom stereocenters. The van der Waals surface area contributed by atoms with Crippen LogP contribution >= 0.6 is 11.6 Å². The summed E-state index contributed by atoms with van der Waals surface area (Å²) < 4.78 is 28.5. The van der Waals surface area contributed by atoms with Gasteiger partial charge in [-0.15, -0.1) is 0 Å². The van der Waals surface area contributed by atoms with Gasteiger partial charge in [-0.3, -0.25) is 4.72 Å². The smallest absolute Gasteiger partial charge is 0.280 e. The Morgan fingerprint density at radius 2 is 2.15 bits per heavy atom. The summed E-state index contributed by atoms with van der Waals surface area (Å²) in [5, 5.41) is 9.32. The van der Waals surface area contributed by atoms with Gasteiger partial charge in [0.2, 0.25) is 0 Å². The Balaban J connectivity index is 2.32. The van der Waals surface area contributed by atoms with Crippen LogP contribution < -0.4 is 4.72 Å². The largest absolute Gasteiger partial charge is 0.506 e. The second kappa shape index (κ2) is 5.34. The van der Waals surface area contributed by atoms with E-state index in [1.807, 2.05) is 6.92 Å². The van der Waals surface area contributed by atoms with Crippen molar-refractivity contribution in [3.05, 3.63) is 35.2 Å². The Kier molecular flexibility index (Phi) is 3.92. The molecule has 0 fully saturated rings. The van der Waals surface area contributed by atoms with Crippen LogP contribution in [0.15, 0.2) is 29.4 Å². The van der Waals surface area contributed by atoms with E-state index in [1.54, 1.807) is 11.5 Å². The second-order valence-corrected chi connectivity index (χ2v) is 6.22. The quantitative estimate of drug-likeness (QED) is 0.848. The number of hydrogen-bond donors (Lipinski definition) is 2. The molecule has 0 spiro atoms. The van der Waals surface area contributed by atoms with Crippen molar-refractivity contribution >= 4 is 27.3 Å². The molecule has 1 aromatic carbocycles. The molecule has 0 saturated heterocycles. The molecule has 0 aliphatic heterocycles. The minimum atomic E-state index is -3.78. The number of aryl methyl sites for hydroxylation is 2. The maximum atomic E-state index is 12.2. The zero-order valence-corrected chi connectivity index (χ0v) is 12.5. The Morgan fingerprint density at radius 3 is 2.70 bits per heavy atom. The van der Waals surface area contributed by atoms with Gasteiger partial charge in [-0.1, -0.05) is 11.6 Å². The predicted molar refractivity (Wildman–Crippen MR) is 76.6 cm³/mol. The molecule has 20 heavy (non-hydrogen) atoms. The van der Waals surface area contributed by atoms with E-state index in [9.17, 15) is 13.5 Å². The monoisotopic (exact) mass is 315 g/mol. The maximum Gasteiger partial charge on any atom is 0.280 e. The highest BCUT2D eigenvalue weighted by atomic mass is 35.5. The van der Waals surface area contributed by atoms with Crippen molar-refractivity contribution in [2.75, 3.05) is 4.72 Å². The Morgan fingerprint density at radius 1 is 1.45 bits per heavy atom. The summed E-state index contributed by atoms with van der Waals surface area (Å²) in [6, 6.07) is 4.07. The Bertz CT molecular complexity index is 740. The first kappa shape index (κ1) is 14.7. The number of imidazole rings is 1. The minimum Gasteiger partial charge on any atom is -0.506 e. The third kappa shape index (κ3) is 2.88. The van der Waals surface area contributed by atoms with Crippen LogP contribution in [0.25, 0.3) is 0 Å². The zero-order valence-electron chi connectivity index (χ0n) is 11.0. The number of benzene rings is 1. The summed E-state index contributed by atoms with van der Waals surface area (Å²) in [4.78, 5) is 4.02. The number of sulfonamides is 1. The fraction of sp³-hybridized carbons (Fsp3) is 0.250. The van der Waals surface area contributed by atoms with Gasteiger partial charge in [0.05, 0.1) is 10.7 Å². The molecule has 0 aliphatic carbocycles. The summed E-state index contributed by atoms with van der Waals surface area (Å²) >= 11 is 5.74. The number of nitrogens with one attached hydrogen (secondary N) is 1. The van der Waals surface area contributed by atoms with E-state index in [-0.39, 0.29) is 21.5 Å². The standard InChI is InChI=1S/C12H14ClN3O3S/c1-3-16-7-12(14-8(16)2)20(18,19)15-9-4-5-11(17)10(13)6-9/h4-7,15,17H,3H2,1-2H3. The molecule has 6 nitrogen and oxygen atoms in total. The summed E-state index contributed by atoms with van der Waals surface area (Å²) in [5.74, 6) is 0.511. The topological polar surface area (TPSA) is 84.2 Å². The number of aromatic hydroxyl groups is 1. The Labute approximate surface area is 122 Å². The van der Waals surface area contributed by atoms with Gasteiger partial charge in [-0.05, 0) is 32.0 Å². The molecule has 0 amide bonds. The van der Waals surface area contributed by atoms with Crippen molar-refractivity contribution in [3.63, 3.8) is 0 Å². The number of halogens is 1. The van der Waals surface area contributed by atoms with E-state index in [0.29, 0.717) is 12.4 Å². The molecule has 0 bridgehead atoms. The normalized spacial score (nSPS) is 11.6. The molecular formula is C12H14ClN3O3S. The van der Waals surface area contributed by atoms with E-state index >= 15 is 0 Å². The highest BCUT2D eigenvalue weighted by Gasteiger charge is 2.19. The van der Waals surface area contributed by atoms with E-state index in [1.165, 1.54) is 24.4 Å².